The van der Waals surface area contributed by atoms with E-state index in [-0.39, 0.29) is 18.2 Å². The van der Waals surface area contributed by atoms with Gasteiger partial charge in [0.15, 0.2) is 0 Å². The zero-order chi connectivity index (χ0) is 15.8. The van der Waals surface area contributed by atoms with Crippen molar-refractivity contribution in [1.29, 1.82) is 0 Å². The minimum atomic E-state index is -0.991. The van der Waals surface area contributed by atoms with Crippen LogP contribution in [-0.2, 0) is 9.59 Å². The molecule has 2 atom stereocenters. The van der Waals surface area contributed by atoms with Crippen LogP contribution in [0.2, 0.25) is 0 Å². The largest absolute Gasteiger partial charge is 0.481 e. The molecule has 0 saturated carbocycles. The summed E-state index contributed by atoms with van der Waals surface area (Å²) in [5, 5.41) is 12.2. The van der Waals surface area contributed by atoms with E-state index in [9.17, 15) is 14.7 Å². The molecule has 0 aromatic heterocycles. The Morgan fingerprint density at radius 2 is 1.85 bits per heavy atom. The molecule has 4 heteroatoms. The van der Waals surface area contributed by atoms with Gasteiger partial charge in [-0.15, -0.1) is 0 Å². The lowest BCUT2D eigenvalue weighted by Crippen LogP contribution is -2.40. The average Bonchev–Trinajstić information content (AvgIpc) is 2.38. The average molecular weight is 285 g/mol. The van der Waals surface area contributed by atoms with Crippen LogP contribution in [0, 0.1) is 17.3 Å². The van der Waals surface area contributed by atoms with Crippen LogP contribution in [0.5, 0.6) is 0 Å². The van der Waals surface area contributed by atoms with E-state index in [1.807, 2.05) is 13.8 Å². The van der Waals surface area contributed by atoms with Gasteiger partial charge in [-0.05, 0) is 25.2 Å². The summed E-state index contributed by atoms with van der Waals surface area (Å²) in [5.74, 6) is -0.638. The summed E-state index contributed by atoms with van der Waals surface area (Å²) in [6.07, 6.45) is 4.54. The van der Waals surface area contributed by atoms with Gasteiger partial charge in [-0.2, -0.15) is 0 Å². The number of carbonyl (C=O) groups excluding carboxylic acids is 1. The van der Waals surface area contributed by atoms with E-state index in [0.29, 0.717) is 12.5 Å². The highest BCUT2D eigenvalue weighted by Crippen LogP contribution is 2.31. The van der Waals surface area contributed by atoms with Crippen molar-refractivity contribution in [3.8, 4) is 0 Å². The molecule has 0 aromatic rings. The number of nitrogens with one attached hydrogen (secondary N) is 1. The lowest BCUT2D eigenvalue weighted by molar-refractivity contribution is -0.153. The molecule has 4 nitrogen and oxygen atoms in total. The van der Waals surface area contributed by atoms with Crippen LogP contribution in [0.25, 0.3) is 0 Å². The Morgan fingerprint density at radius 1 is 1.25 bits per heavy atom. The molecule has 0 radical (unpaired) electrons. The van der Waals surface area contributed by atoms with Gasteiger partial charge >= 0.3 is 5.97 Å². The maximum atomic E-state index is 12.0. The van der Waals surface area contributed by atoms with Crippen molar-refractivity contribution in [2.45, 2.75) is 66.7 Å². The second kappa shape index (κ2) is 8.98. The monoisotopic (exact) mass is 285 g/mol. The molecule has 0 fully saturated rings. The van der Waals surface area contributed by atoms with Gasteiger partial charge in [0.05, 0.1) is 5.41 Å². The summed E-state index contributed by atoms with van der Waals surface area (Å²) < 4.78 is 0. The molecule has 0 spiro atoms. The Bertz CT molecular complexity index is 315. The van der Waals surface area contributed by atoms with Crippen molar-refractivity contribution in [3.05, 3.63) is 0 Å². The van der Waals surface area contributed by atoms with E-state index in [4.69, 9.17) is 0 Å². The molecular formula is C16H31NO3. The highest BCUT2D eigenvalue weighted by Gasteiger charge is 2.38. The fraction of sp³-hybridized carbons (Fsp3) is 0.875. The lowest BCUT2D eigenvalue weighted by atomic mass is 9.76. The van der Waals surface area contributed by atoms with E-state index in [1.54, 1.807) is 6.92 Å². The Labute approximate surface area is 123 Å². The van der Waals surface area contributed by atoms with Crippen molar-refractivity contribution in [1.82, 2.24) is 5.32 Å². The quantitative estimate of drug-likeness (QED) is 0.646. The van der Waals surface area contributed by atoms with Gasteiger partial charge in [0.1, 0.15) is 0 Å². The molecule has 0 rings (SSSR count). The van der Waals surface area contributed by atoms with E-state index in [1.165, 1.54) is 6.42 Å². The number of hydrogen-bond donors (Lipinski definition) is 2. The summed E-state index contributed by atoms with van der Waals surface area (Å²) in [5.41, 5.74) is -0.991. The topological polar surface area (TPSA) is 66.4 Å². The molecule has 0 saturated heterocycles. The zero-order valence-electron chi connectivity index (χ0n) is 13.7. The summed E-state index contributed by atoms with van der Waals surface area (Å²) in [4.78, 5) is 23.3. The van der Waals surface area contributed by atoms with Crippen LogP contribution in [-0.4, -0.2) is 23.5 Å². The van der Waals surface area contributed by atoms with Crippen molar-refractivity contribution in [2.75, 3.05) is 6.54 Å². The molecule has 2 N–H and O–H groups in total. The number of carboxylic acids is 1. The molecule has 0 bridgehead atoms. The minimum absolute atomic E-state index is 0.0458. The van der Waals surface area contributed by atoms with Gasteiger partial charge < -0.3 is 10.4 Å². The Kier molecular flexibility index (Phi) is 8.51. The molecule has 0 heterocycles. The van der Waals surface area contributed by atoms with Crippen molar-refractivity contribution < 1.29 is 14.7 Å². The lowest BCUT2D eigenvalue weighted by Gasteiger charge is -2.28. The van der Waals surface area contributed by atoms with Gasteiger partial charge in [-0.25, -0.2) is 0 Å². The standard InChI is InChI=1S/C16H31NO3/c1-6-8-9-13(7-2)11-17-14(18)10-16(5,12(3)4)15(19)20/h12-13H,6-11H2,1-5H3,(H,17,18)(H,19,20). The van der Waals surface area contributed by atoms with Crippen LogP contribution < -0.4 is 5.32 Å². The van der Waals surface area contributed by atoms with E-state index < -0.39 is 11.4 Å². The van der Waals surface area contributed by atoms with Gasteiger partial charge in [0.25, 0.3) is 0 Å². The Morgan fingerprint density at radius 3 is 2.25 bits per heavy atom. The molecule has 0 aliphatic heterocycles. The molecule has 1 amide bonds. The minimum Gasteiger partial charge on any atom is -0.481 e. The fourth-order valence-corrected chi connectivity index (χ4v) is 2.12. The fourth-order valence-electron chi connectivity index (χ4n) is 2.12. The third-order valence-corrected chi connectivity index (χ3v) is 4.42. The maximum Gasteiger partial charge on any atom is 0.310 e. The third kappa shape index (κ3) is 5.93. The highest BCUT2D eigenvalue weighted by atomic mass is 16.4. The first kappa shape index (κ1) is 18.9. The summed E-state index contributed by atoms with van der Waals surface area (Å²) >= 11 is 0. The van der Waals surface area contributed by atoms with Crippen LogP contribution in [0.4, 0.5) is 0 Å². The highest BCUT2D eigenvalue weighted by molar-refractivity contribution is 5.84. The predicted octanol–water partition coefficient (Wildman–Crippen LogP) is 3.46. The predicted molar refractivity (Wildman–Crippen MR) is 81.5 cm³/mol. The van der Waals surface area contributed by atoms with Gasteiger partial charge in [-0.1, -0.05) is 47.0 Å². The van der Waals surface area contributed by atoms with Crippen LogP contribution in [0.3, 0.4) is 0 Å². The normalized spacial score (nSPS) is 15.7. The molecule has 20 heavy (non-hydrogen) atoms. The first-order chi connectivity index (χ1) is 9.27. The summed E-state index contributed by atoms with van der Waals surface area (Å²) in [6, 6.07) is 0. The second-order valence-electron chi connectivity index (χ2n) is 6.27. The summed E-state index contributed by atoms with van der Waals surface area (Å²) in [6.45, 7) is 10.3. The molecule has 2 unspecified atom stereocenters. The van der Waals surface area contributed by atoms with Crippen molar-refractivity contribution in [3.63, 3.8) is 0 Å². The third-order valence-electron chi connectivity index (χ3n) is 4.42. The van der Waals surface area contributed by atoms with Crippen LogP contribution in [0.1, 0.15) is 66.7 Å². The Hall–Kier alpha value is -1.06. The number of unbranched alkanes of at least 4 members (excludes halogenated alkanes) is 1. The van der Waals surface area contributed by atoms with Crippen LogP contribution in [0.15, 0.2) is 0 Å². The van der Waals surface area contributed by atoms with E-state index >= 15 is 0 Å². The number of amides is 1. The molecule has 0 aliphatic carbocycles. The maximum absolute atomic E-state index is 12.0. The van der Waals surface area contributed by atoms with Gasteiger partial charge in [-0.3, -0.25) is 9.59 Å². The number of aliphatic carboxylic acids is 1. The number of carbonyl (C=O) groups is 2. The van der Waals surface area contributed by atoms with Gasteiger partial charge in [0.2, 0.25) is 5.91 Å². The summed E-state index contributed by atoms with van der Waals surface area (Å²) in [7, 11) is 0. The van der Waals surface area contributed by atoms with Crippen LogP contribution >= 0.6 is 0 Å². The molecule has 0 aromatic carbocycles. The SMILES string of the molecule is CCCCC(CC)CNC(=O)CC(C)(C(=O)O)C(C)C. The molecule has 118 valence electrons. The zero-order valence-corrected chi connectivity index (χ0v) is 13.7. The van der Waals surface area contributed by atoms with Crippen molar-refractivity contribution in [2.24, 2.45) is 17.3 Å². The smallest absolute Gasteiger partial charge is 0.310 e. The van der Waals surface area contributed by atoms with Gasteiger partial charge in [0, 0.05) is 13.0 Å². The number of rotatable bonds is 10. The van der Waals surface area contributed by atoms with Crippen molar-refractivity contribution >= 4 is 11.9 Å². The number of carboxylic acid groups (broad SMARTS) is 1. The van der Waals surface area contributed by atoms with E-state index in [0.717, 1.165) is 19.3 Å². The molecule has 0 aliphatic rings. The molecular weight excluding hydrogens is 254 g/mol. The first-order valence-corrected chi connectivity index (χ1v) is 7.77. The van der Waals surface area contributed by atoms with E-state index in [2.05, 4.69) is 19.2 Å². The Balaban J connectivity index is 4.37. The number of hydrogen-bond acceptors (Lipinski definition) is 2. The second-order valence-corrected chi connectivity index (χ2v) is 6.27. The first-order valence-electron chi connectivity index (χ1n) is 7.77.